The largest absolute Gasteiger partial charge is 0.457 e. The minimum atomic E-state index is -0.0903. The molecule has 0 radical (unpaired) electrons. The third kappa shape index (κ3) is 6.78. The maximum absolute atomic E-state index is 13.1. The average Bonchev–Trinajstić information content (AvgIpc) is 3.42. The number of likely N-dealkylation sites (tertiary alicyclic amines) is 1. The van der Waals surface area contributed by atoms with E-state index in [2.05, 4.69) is 83.0 Å². The lowest BCUT2D eigenvalue weighted by Crippen LogP contribution is -2.37. The number of hydrogen-bond donors (Lipinski definition) is 1. The van der Waals surface area contributed by atoms with Gasteiger partial charge in [-0.3, -0.25) is 9.69 Å². The Morgan fingerprint density at radius 2 is 1.42 bits per heavy atom. The van der Waals surface area contributed by atoms with Crippen LogP contribution in [0, 0.1) is 0 Å². The van der Waals surface area contributed by atoms with Crippen LogP contribution in [0.15, 0.2) is 127 Å². The van der Waals surface area contributed by atoms with Gasteiger partial charge in [-0.2, -0.15) is 0 Å². The van der Waals surface area contributed by atoms with E-state index in [4.69, 9.17) is 4.74 Å². The normalized spacial score (nSPS) is 15.7. The van der Waals surface area contributed by atoms with Crippen LogP contribution >= 0.6 is 0 Å². The summed E-state index contributed by atoms with van der Waals surface area (Å²) in [5, 5.41) is 3.22. The highest BCUT2D eigenvalue weighted by Gasteiger charge is 2.24. The highest BCUT2D eigenvalue weighted by Crippen LogP contribution is 2.28. The minimum Gasteiger partial charge on any atom is -0.457 e. The van der Waals surface area contributed by atoms with E-state index in [9.17, 15) is 4.79 Å². The van der Waals surface area contributed by atoms with Crippen LogP contribution in [0.1, 0.15) is 40.2 Å². The molecule has 1 unspecified atom stereocenters. The number of nitrogens with zero attached hydrogens (tertiary/aromatic N) is 1. The molecule has 4 aromatic carbocycles. The van der Waals surface area contributed by atoms with Gasteiger partial charge >= 0.3 is 0 Å². The number of carbonyl (C=O) groups is 1. The Morgan fingerprint density at radius 3 is 2.11 bits per heavy atom. The Bertz CT molecular complexity index is 1280. The summed E-state index contributed by atoms with van der Waals surface area (Å²) in [5.74, 6) is 1.54. The number of benzene rings is 4. The first-order valence-electron chi connectivity index (χ1n) is 13.4. The van der Waals surface area contributed by atoms with Crippen LogP contribution in [0.4, 0.5) is 0 Å². The molecule has 1 aliphatic heterocycles. The lowest BCUT2D eigenvalue weighted by atomic mass is 9.88. The van der Waals surface area contributed by atoms with Gasteiger partial charge in [-0.1, -0.05) is 103 Å². The van der Waals surface area contributed by atoms with Crippen molar-refractivity contribution >= 4 is 5.91 Å². The van der Waals surface area contributed by atoms with Gasteiger partial charge in [0.1, 0.15) is 11.5 Å². The molecule has 5 rings (SSSR count). The highest BCUT2D eigenvalue weighted by molar-refractivity contribution is 5.97. The molecule has 4 heteroatoms. The summed E-state index contributed by atoms with van der Waals surface area (Å²) in [6, 6.07) is 38.5. The molecule has 0 bridgehead atoms. The van der Waals surface area contributed by atoms with Crippen molar-refractivity contribution in [1.29, 1.82) is 0 Å². The second-order valence-corrected chi connectivity index (χ2v) is 9.71. The number of allylic oxidation sites excluding steroid dienone is 1. The van der Waals surface area contributed by atoms with Crippen molar-refractivity contribution in [2.45, 2.75) is 24.8 Å². The van der Waals surface area contributed by atoms with Crippen molar-refractivity contribution in [2.75, 3.05) is 19.6 Å². The van der Waals surface area contributed by atoms with Crippen LogP contribution in [-0.4, -0.2) is 36.5 Å². The van der Waals surface area contributed by atoms with Crippen molar-refractivity contribution in [2.24, 2.45) is 0 Å². The Morgan fingerprint density at radius 1 is 0.816 bits per heavy atom. The molecule has 192 valence electrons. The zero-order valence-electron chi connectivity index (χ0n) is 21.6. The zero-order chi connectivity index (χ0) is 26.0. The quantitative estimate of drug-likeness (QED) is 0.236. The van der Waals surface area contributed by atoms with Crippen LogP contribution in [0.2, 0.25) is 0 Å². The second-order valence-electron chi connectivity index (χ2n) is 9.71. The number of nitrogens with one attached hydrogen (secondary N) is 1. The lowest BCUT2D eigenvalue weighted by Gasteiger charge is -2.17. The molecule has 1 aliphatic rings. The molecule has 1 N–H and O–H groups in total. The Balaban J connectivity index is 1.14. The third-order valence-electron chi connectivity index (χ3n) is 7.02. The highest BCUT2D eigenvalue weighted by atomic mass is 16.5. The van der Waals surface area contributed by atoms with Crippen LogP contribution in [-0.2, 0) is 0 Å². The molecule has 1 amide bonds. The number of para-hydroxylation sites is 2. The predicted octanol–water partition coefficient (Wildman–Crippen LogP) is 7.06. The standard InChI is InChI=1S/C34H34N2O2/c37-34(32-21-10-11-22-33(32)38-30-18-8-3-9-19-30)35-29-23-25-36(26-29)24-13-12-20-31(27-14-4-1-5-15-27)28-16-6-2-7-17-28/h1-19,21-22,29,31H,20,23-26H2,(H,35,37)/b13-12-. The number of ether oxygens (including phenoxy) is 1. The van der Waals surface area contributed by atoms with E-state index in [1.165, 1.54) is 11.1 Å². The average molecular weight is 503 g/mol. The van der Waals surface area contributed by atoms with E-state index < -0.39 is 0 Å². The molecule has 1 saturated heterocycles. The van der Waals surface area contributed by atoms with Gasteiger partial charge in [0.25, 0.3) is 5.91 Å². The van der Waals surface area contributed by atoms with Crippen LogP contribution in [0.3, 0.4) is 0 Å². The first kappa shape index (κ1) is 25.5. The maximum atomic E-state index is 13.1. The molecular formula is C34H34N2O2. The number of rotatable bonds is 10. The molecule has 0 aromatic heterocycles. The van der Waals surface area contributed by atoms with E-state index in [-0.39, 0.29) is 11.9 Å². The van der Waals surface area contributed by atoms with Gasteiger partial charge in [-0.25, -0.2) is 0 Å². The van der Waals surface area contributed by atoms with Crippen LogP contribution < -0.4 is 10.1 Å². The second kappa shape index (κ2) is 12.9. The molecule has 4 aromatic rings. The first-order valence-corrected chi connectivity index (χ1v) is 13.4. The molecule has 4 nitrogen and oxygen atoms in total. The van der Waals surface area contributed by atoms with Crippen molar-refractivity contribution in [1.82, 2.24) is 10.2 Å². The van der Waals surface area contributed by atoms with Gasteiger partial charge in [0.15, 0.2) is 0 Å². The van der Waals surface area contributed by atoms with Gasteiger partial charge in [0.05, 0.1) is 5.56 Å². The Kier molecular flexibility index (Phi) is 8.65. The van der Waals surface area contributed by atoms with Gasteiger partial charge in [-0.15, -0.1) is 0 Å². The minimum absolute atomic E-state index is 0.0903. The molecule has 0 aliphatic carbocycles. The number of hydrogen-bond acceptors (Lipinski definition) is 3. The van der Waals surface area contributed by atoms with Gasteiger partial charge < -0.3 is 10.1 Å². The number of amides is 1. The first-order chi connectivity index (χ1) is 18.8. The summed E-state index contributed by atoms with van der Waals surface area (Å²) in [4.78, 5) is 15.5. The summed E-state index contributed by atoms with van der Waals surface area (Å²) < 4.78 is 5.98. The topological polar surface area (TPSA) is 41.6 Å². The summed E-state index contributed by atoms with van der Waals surface area (Å²) in [5.41, 5.74) is 3.23. The fourth-order valence-electron chi connectivity index (χ4n) is 5.03. The Hall–Kier alpha value is -4.15. The predicted molar refractivity (Wildman–Crippen MR) is 154 cm³/mol. The van der Waals surface area contributed by atoms with E-state index in [0.29, 0.717) is 23.0 Å². The van der Waals surface area contributed by atoms with Crippen molar-refractivity contribution in [3.63, 3.8) is 0 Å². The fraction of sp³-hybridized carbons (Fsp3) is 0.206. The molecule has 1 heterocycles. The van der Waals surface area contributed by atoms with E-state index >= 15 is 0 Å². The van der Waals surface area contributed by atoms with Crippen molar-refractivity contribution in [3.8, 4) is 11.5 Å². The fourth-order valence-corrected chi connectivity index (χ4v) is 5.03. The maximum Gasteiger partial charge on any atom is 0.255 e. The Labute approximate surface area is 225 Å². The van der Waals surface area contributed by atoms with Crippen LogP contribution in [0.25, 0.3) is 0 Å². The SMILES string of the molecule is O=C(NC1CCN(C/C=C\CC(c2ccccc2)c2ccccc2)C1)c1ccccc1Oc1ccccc1. The van der Waals surface area contributed by atoms with E-state index in [0.717, 1.165) is 32.5 Å². The van der Waals surface area contributed by atoms with E-state index in [1.807, 2.05) is 54.6 Å². The summed E-state index contributed by atoms with van der Waals surface area (Å²) in [6.07, 6.45) is 6.47. The molecule has 0 saturated carbocycles. The van der Waals surface area contributed by atoms with Crippen LogP contribution in [0.5, 0.6) is 11.5 Å². The molecule has 0 spiro atoms. The molecule has 1 atom stereocenters. The molecular weight excluding hydrogens is 468 g/mol. The summed E-state index contributed by atoms with van der Waals surface area (Å²) >= 11 is 0. The molecule has 1 fully saturated rings. The van der Waals surface area contributed by atoms with Crippen molar-refractivity contribution < 1.29 is 9.53 Å². The van der Waals surface area contributed by atoms with Gasteiger partial charge in [0.2, 0.25) is 0 Å². The van der Waals surface area contributed by atoms with Gasteiger partial charge in [0, 0.05) is 31.6 Å². The molecule has 38 heavy (non-hydrogen) atoms. The summed E-state index contributed by atoms with van der Waals surface area (Å²) in [6.45, 7) is 2.70. The number of carbonyl (C=O) groups excluding carboxylic acids is 1. The lowest BCUT2D eigenvalue weighted by molar-refractivity contribution is 0.0935. The van der Waals surface area contributed by atoms with Crippen molar-refractivity contribution in [3.05, 3.63) is 144 Å². The summed E-state index contributed by atoms with van der Waals surface area (Å²) in [7, 11) is 0. The van der Waals surface area contributed by atoms with E-state index in [1.54, 1.807) is 0 Å². The van der Waals surface area contributed by atoms with Gasteiger partial charge in [-0.05, 0) is 48.2 Å². The monoisotopic (exact) mass is 502 g/mol. The zero-order valence-corrected chi connectivity index (χ0v) is 21.6. The third-order valence-corrected chi connectivity index (χ3v) is 7.02. The smallest absolute Gasteiger partial charge is 0.255 e.